The highest BCUT2D eigenvalue weighted by molar-refractivity contribution is 7.15. The van der Waals surface area contributed by atoms with E-state index < -0.39 is 0 Å². The van der Waals surface area contributed by atoms with E-state index in [4.69, 9.17) is 0 Å². The first-order chi connectivity index (χ1) is 9.83. The number of thiophene rings is 1. The third-order valence-corrected chi connectivity index (χ3v) is 4.58. The zero-order valence-corrected chi connectivity index (χ0v) is 13.4. The SMILES string of the molecule is CCCCc1ccc(-c2ccc(CNCCC)s2)cc1. The lowest BCUT2D eigenvalue weighted by molar-refractivity contribution is 0.681. The lowest BCUT2D eigenvalue weighted by atomic mass is 10.1. The number of rotatable bonds is 8. The second kappa shape index (κ2) is 8.23. The van der Waals surface area contributed by atoms with Crippen LogP contribution in [0.4, 0.5) is 0 Å². The van der Waals surface area contributed by atoms with E-state index in [2.05, 4.69) is 55.6 Å². The highest BCUT2D eigenvalue weighted by Crippen LogP contribution is 2.28. The fourth-order valence-electron chi connectivity index (χ4n) is 2.23. The Morgan fingerprint density at radius 1 is 0.950 bits per heavy atom. The lowest BCUT2D eigenvalue weighted by Gasteiger charge is -2.02. The van der Waals surface area contributed by atoms with E-state index in [1.54, 1.807) is 0 Å². The summed E-state index contributed by atoms with van der Waals surface area (Å²) < 4.78 is 0. The van der Waals surface area contributed by atoms with Crippen LogP contribution in [-0.4, -0.2) is 6.54 Å². The molecule has 0 saturated carbocycles. The largest absolute Gasteiger partial charge is 0.312 e. The van der Waals surface area contributed by atoms with Crippen molar-refractivity contribution in [3.63, 3.8) is 0 Å². The Morgan fingerprint density at radius 3 is 2.45 bits per heavy atom. The van der Waals surface area contributed by atoms with Gasteiger partial charge in [0.15, 0.2) is 0 Å². The maximum atomic E-state index is 3.46. The van der Waals surface area contributed by atoms with Crippen molar-refractivity contribution < 1.29 is 0 Å². The van der Waals surface area contributed by atoms with Gasteiger partial charge in [-0.05, 0) is 49.1 Å². The van der Waals surface area contributed by atoms with Crippen LogP contribution in [0.1, 0.15) is 43.6 Å². The molecule has 1 N–H and O–H groups in total. The Morgan fingerprint density at radius 2 is 1.75 bits per heavy atom. The molecule has 0 fully saturated rings. The summed E-state index contributed by atoms with van der Waals surface area (Å²) in [5, 5.41) is 3.46. The van der Waals surface area contributed by atoms with Crippen LogP contribution in [-0.2, 0) is 13.0 Å². The predicted octanol–water partition coefficient (Wildman–Crippen LogP) is 5.26. The van der Waals surface area contributed by atoms with Gasteiger partial charge < -0.3 is 5.32 Å². The minimum absolute atomic E-state index is 0.993. The number of hydrogen-bond acceptors (Lipinski definition) is 2. The summed E-state index contributed by atoms with van der Waals surface area (Å²) in [4.78, 5) is 2.80. The molecule has 1 aromatic carbocycles. The summed E-state index contributed by atoms with van der Waals surface area (Å²) in [6.07, 6.45) is 4.94. The van der Waals surface area contributed by atoms with Crippen molar-refractivity contribution >= 4 is 11.3 Å². The molecule has 0 unspecified atom stereocenters. The van der Waals surface area contributed by atoms with E-state index in [-0.39, 0.29) is 0 Å². The van der Waals surface area contributed by atoms with Crippen LogP contribution in [0.2, 0.25) is 0 Å². The standard InChI is InChI=1S/C18H25NS/c1-3-5-6-15-7-9-16(10-8-15)18-12-11-17(20-18)14-19-13-4-2/h7-12,19H,3-6,13-14H2,1-2H3. The summed E-state index contributed by atoms with van der Waals surface area (Å²) >= 11 is 1.90. The monoisotopic (exact) mass is 287 g/mol. The van der Waals surface area contributed by atoms with Crippen molar-refractivity contribution in [1.82, 2.24) is 5.32 Å². The van der Waals surface area contributed by atoms with Crippen molar-refractivity contribution in [2.24, 2.45) is 0 Å². The molecule has 1 nitrogen and oxygen atoms in total. The Labute approximate surface area is 127 Å². The fraction of sp³-hybridized carbons (Fsp3) is 0.444. The Kier molecular flexibility index (Phi) is 6.28. The van der Waals surface area contributed by atoms with E-state index in [0.29, 0.717) is 0 Å². The molecule has 0 saturated heterocycles. The van der Waals surface area contributed by atoms with Gasteiger partial charge in [-0.1, -0.05) is 44.5 Å². The van der Waals surface area contributed by atoms with Gasteiger partial charge in [0.05, 0.1) is 0 Å². The van der Waals surface area contributed by atoms with Gasteiger partial charge in [0, 0.05) is 16.3 Å². The molecule has 0 amide bonds. The van der Waals surface area contributed by atoms with E-state index >= 15 is 0 Å². The van der Waals surface area contributed by atoms with Crippen LogP contribution < -0.4 is 5.32 Å². The molecular formula is C18H25NS. The summed E-state index contributed by atoms with van der Waals surface area (Å²) in [7, 11) is 0. The molecule has 1 aromatic heterocycles. The molecule has 0 aliphatic heterocycles. The molecule has 1 heterocycles. The maximum absolute atomic E-state index is 3.46. The molecular weight excluding hydrogens is 262 g/mol. The van der Waals surface area contributed by atoms with Crippen LogP contribution in [0.15, 0.2) is 36.4 Å². The summed E-state index contributed by atoms with van der Waals surface area (Å²) in [6.45, 7) is 6.54. The highest BCUT2D eigenvalue weighted by Gasteiger charge is 2.03. The number of unbranched alkanes of at least 4 members (excludes halogenated alkanes) is 1. The topological polar surface area (TPSA) is 12.0 Å². The van der Waals surface area contributed by atoms with Gasteiger partial charge in [-0.3, -0.25) is 0 Å². The fourth-order valence-corrected chi connectivity index (χ4v) is 3.22. The molecule has 0 bridgehead atoms. The summed E-state index contributed by atoms with van der Waals surface area (Å²) in [5.74, 6) is 0. The van der Waals surface area contributed by atoms with Gasteiger partial charge in [0.2, 0.25) is 0 Å². The zero-order chi connectivity index (χ0) is 14.2. The third-order valence-electron chi connectivity index (χ3n) is 3.45. The molecule has 0 atom stereocenters. The summed E-state index contributed by atoms with van der Waals surface area (Å²) in [6, 6.07) is 13.6. The van der Waals surface area contributed by atoms with Crippen molar-refractivity contribution in [1.29, 1.82) is 0 Å². The van der Waals surface area contributed by atoms with Crippen LogP contribution in [0.3, 0.4) is 0 Å². The number of nitrogens with one attached hydrogen (secondary N) is 1. The van der Waals surface area contributed by atoms with Crippen LogP contribution >= 0.6 is 11.3 Å². The smallest absolute Gasteiger partial charge is 0.0346 e. The average molecular weight is 287 g/mol. The van der Waals surface area contributed by atoms with Crippen LogP contribution in [0.25, 0.3) is 10.4 Å². The Balaban J connectivity index is 1.97. The van der Waals surface area contributed by atoms with Crippen LogP contribution in [0, 0.1) is 0 Å². The van der Waals surface area contributed by atoms with Crippen molar-refractivity contribution in [3.05, 3.63) is 46.8 Å². The van der Waals surface area contributed by atoms with Gasteiger partial charge in [-0.2, -0.15) is 0 Å². The molecule has 0 radical (unpaired) electrons. The van der Waals surface area contributed by atoms with E-state index in [9.17, 15) is 0 Å². The predicted molar refractivity (Wildman–Crippen MR) is 90.4 cm³/mol. The van der Waals surface area contributed by atoms with Gasteiger partial charge in [0.1, 0.15) is 0 Å². The minimum Gasteiger partial charge on any atom is -0.312 e. The minimum atomic E-state index is 0.993. The first-order valence-electron chi connectivity index (χ1n) is 7.72. The van der Waals surface area contributed by atoms with Crippen LogP contribution in [0.5, 0.6) is 0 Å². The Bertz CT molecular complexity index is 498. The molecule has 0 aliphatic carbocycles. The third kappa shape index (κ3) is 4.46. The number of aryl methyl sites for hydroxylation is 1. The van der Waals surface area contributed by atoms with E-state index in [1.807, 2.05) is 11.3 Å². The molecule has 2 heteroatoms. The Hall–Kier alpha value is -1.12. The average Bonchev–Trinajstić information content (AvgIpc) is 2.95. The van der Waals surface area contributed by atoms with Gasteiger partial charge in [-0.25, -0.2) is 0 Å². The molecule has 0 spiro atoms. The maximum Gasteiger partial charge on any atom is 0.0346 e. The molecule has 20 heavy (non-hydrogen) atoms. The van der Waals surface area contributed by atoms with Gasteiger partial charge in [0.25, 0.3) is 0 Å². The molecule has 0 aliphatic rings. The second-order valence-electron chi connectivity index (χ2n) is 5.24. The summed E-state index contributed by atoms with van der Waals surface area (Å²) in [5.41, 5.74) is 2.80. The van der Waals surface area contributed by atoms with E-state index in [1.165, 1.54) is 46.6 Å². The first kappa shape index (κ1) is 15.3. The molecule has 108 valence electrons. The first-order valence-corrected chi connectivity index (χ1v) is 8.54. The highest BCUT2D eigenvalue weighted by atomic mass is 32.1. The lowest BCUT2D eigenvalue weighted by Crippen LogP contribution is -2.12. The normalized spacial score (nSPS) is 10.9. The van der Waals surface area contributed by atoms with E-state index in [0.717, 1.165) is 13.1 Å². The zero-order valence-electron chi connectivity index (χ0n) is 12.6. The number of hydrogen-bond donors (Lipinski definition) is 1. The van der Waals surface area contributed by atoms with Crippen molar-refractivity contribution in [3.8, 4) is 10.4 Å². The molecule has 2 aromatic rings. The quantitative estimate of drug-likeness (QED) is 0.653. The van der Waals surface area contributed by atoms with Crippen molar-refractivity contribution in [2.45, 2.75) is 46.1 Å². The van der Waals surface area contributed by atoms with Crippen molar-refractivity contribution in [2.75, 3.05) is 6.54 Å². The van der Waals surface area contributed by atoms with Gasteiger partial charge >= 0.3 is 0 Å². The number of benzene rings is 1. The second-order valence-corrected chi connectivity index (χ2v) is 6.41. The molecule has 2 rings (SSSR count). The van der Waals surface area contributed by atoms with Gasteiger partial charge in [-0.15, -0.1) is 11.3 Å².